The lowest BCUT2D eigenvalue weighted by Gasteiger charge is -2.11. The molecule has 5 nitrogen and oxygen atoms in total. The molecule has 1 atom stereocenters. The Morgan fingerprint density at radius 3 is 2.79 bits per heavy atom. The summed E-state index contributed by atoms with van der Waals surface area (Å²) >= 11 is 0. The van der Waals surface area contributed by atoms with Crippen molar-refractivity contribution in [3.63, 3.8) is 0 Å². The number of aliphatic carboxylic acids is 1. The van der Waals surface area contributed by atoms with Crippen molar-refractivity contribution < 1.29 is 25.5 Å². The summed E-state index contributed by atoms with van der Waals surface area (Å²) < 4.78 is 4.82. The number of carbonyl (C=O) groups excluding carboxylic acids is 1. The van der Waals surface area contributed by atoms with E-state index < -0.39 is 12.0 Å². The van der Waals surface area contributed by atoms with Gasteiger partial charge in [0.1, 0.15) is 5.97 Å². The predicted octanol–water partition coefficient (Wildman–Crippen LogP) is -1.57. The van der Waals surface area contributed by atoms with E-state index in [1.165, 1.54) is 25.3 Å². The summed E-state index contributed by atoms with van der Waals surface area (Å²) in [5.74, 6) is -1.09. The molecule has 0 aromatic heterocycles. The van der Waals surface area contributed by atoms with Gasteiger partial charge >= 0.3 is 0 Å². The summed E-state index contributed by atoms with van der Waals surface area (Å²) in [4.78, 5) is 10.5. The van der Waals surface area contributed by atoms with Gasteiger partial charge in [-0.3, -0.25) is 0 Å². The van der Waals surface area contributed by atoms with Crippen LogP contribution in [0.4, 0.5) is 0 Å². The Morgan fingerprint density at radius 1 is 1.64 bits per heavy atom. The van der Waals surface area contributed by atoms with Crippen molar-refractivity contribution in [3.05, 3.63) is 23.8 Å². The van der Waals surface area contributed by atoms with E-state index >= 15 is 0 Å². The Hall–Kier alpha value is -1.75. The highest BCUT2D eigenvalue weighted by atomic mass is 16.5. The molecule has 0 heterocycles. The molecule has 1 rings (SSSR count). The maximum absolute atomic E-state index is 10.5. The third-order valence-corrected chi connectivity index (χ3v) is 1.89. The highest BCUT2D eigenvalue weighted by Gasteiger charge is 2.13. The zero-order valence-electron chi connectivity index (χ0n) is 7.69. The Balaban J connectivity index is 3.06. The summed E-state index contributed by atoms with van der Waals surface area (Å²) in [5, 5.41) is 19.8. The van der Waals surface area contributed by atoms with Crippen molar-refractivity contribution in [2.75, 3.05) is 7.11 Å². The highest BCUT2D eigenvalue weighted by Crippen LogP contribution is 2.27. The fourth-order valence-corrected chi connectivity index (χ4v) is 1.05. The Bertz CT molecular complexity index is 351. The van der Waals surface area contributed by atoms with Crippen molar-refractivity contribution >= 4 is 5.97 Å². The molecule has 76 valence electrons. The molecule has 0 amide bonds. The first-order chi connectivity index (χ1) is 6.56. The molecule has 1 aromatic carbocycles. The van der Waals surface area contributed by atoms with Crippen LogP contribution in [0.25, 0.3) is 0 Å². The fourth-order valence-electron chi connectivity index (χ4n) is 1.05. The lowest BCUT2D eigenvalue weighted by Crippen LogP contribution is -2.61. The van der Waals surface area contributed by atoms with E-state index in [9.17, 15) is 15.0 Å². The number of carboxylic acids is 1. The van der Waals surface area contributed by atoms with Crippen molar-refractivity contribution in [3.8, 4) is 11.5 Å². The Kier molecular flexibility index (Phi) is 2.93. The zero-order chi connectivity index (χ0) is 10.7. The number of rotatable bonds is 3. The molecule has 0 fully saturated rings. The summed E-state index contributed by atoms with van der Waals surface area (Å²) in [5.41, 5.74) is 3.84. The molecule has 0 aliphatic heterocycles. The monoisotopic (exact) mass is 197 g/mol. The lowest BCUT2D eigenvalue weighted by atomic mass is 10.1. The van der Waals surface area contributed by atoms with Crippen LogP contribution in [0, 0.1) is 0 Å². The van der Waals surface area contributed by atoms with Gasteiger partial charge in [-0.2, -0.15) is 0 Å². The first kappa shape index (κ1) is 10.3. The van der Waals surface area contributed by atoms with E-state index in [-0.39, 0.29) is 11.5 Å². The van der Waals surface area contributed by atoms with Crippen LogP contribution in [0.5, 0.6) is 11.5 Å². The molecule has 0 unspecified atom stereocenters. The van der Waals surface area contributed by atoms with Crippen LogP contribution in [0.2, 0.25) is 0 Å². The SMILES string of the molecule is COc1cc([C@H]([NH3+])C(=O)[O-])ccc1O. The molecule has 0 aliphatic carbocycles. The topological polar surface area (TPSA) is 97.2 Å². The van der Waals surface area contributed by atoms with Gasteiger partial charge in [0.05, 0.1) is 7.11 Å². The number of ether oxygens (including phenoxy) is 1. The van der Waals surface area contributed by atoms with Crippen LogP contribution in [0.1, 0.15) is 11.6 Å². The second-order valence-corrected chi connectivity index (χ2v) is 2.80. The summed E-state index contributed by atoms with van der Waals surface area (Å²) in [6.45, 7) is 0. The first-order valence-corrected chi connectivity index (χ1v) is 3.97. The van der Waals surface area contributed by atoms with Crippen molar-refractivity contribution in [2.45, 2.75) is 6.04 Å². The number of aromatic hydroxyl groups is 1. The minimum atomic E-state index is -1.27. The fraction of sp³-hybridized carbons (Fsp3) is 0.222. The van der Waals surface area contributed by atoms with E-state index in [1.807, 2.05) is 0 Å². The van der Waals surface area contributed by atoms with Gasteiger partial charge < -0.3 is 25.5 Å². The number of carboxylic acid groups (broad SMARTS) is 1. The van der Waals surface area contributed by atoms with Gasteiger partial charge in [0, 0.05) is 5.56 Å². The van der Waals surface area contributed by atoms with E-state index in [0.717, 1.165) is 0 Å². The normalized spacial score (nSPS) is 12.1. The molecule has 5 heteroatoms. The average molecular weight is 197 g/mol. The number of phenolic OH excluding ortho intramolecular Hbond substituents is 1. The molecule has 0 aliphatic rings. The Labute approximate surface area is 80.7 Å². The molecule has 0 spiro atoms. The summed E-state index contributed by atoms with van der Waals surface area (Å²) in [6.07, 6.45) is 0. The van der Waals surface area contributed by atoms with E-state index in [1.54, 1.807) is 0 Å². The van der Waals surface area contributed by atoms with Crippen LogP contribution in [-0.2, 0) is 4.79 Å². The number of hydrogen-bond donors (Lipinski definition) is 2. The van der Waals surface area contributed by atoms with E-state index in [2.05, 4.69) is 5.73 Å². The van der Waals surface area contributed by atoms with Crippen molar-refractivity contribution in [2.24, 2.45) is 0 Å². The van der Waals surface area contributed by atoms with Crippen LogP contribution in [-0.4, -0.2) is 18.2 Å². The molecule has 1 aromatic rings. The lowest BCUT2D eigenvalue weighted by molar-refractivity contribution is -0.443. The molecular formula is C9H11NO4. The summed E-state index contributed by atoms with van der Waals surface area (Å²) in [7, 11) is 1.38. The van der Waals surface area contributed by atoms with Gasteiger partial charge in [-0.25, -0.2) is 0 Å². The number of phenols is 1. The molecule has 0 bridgehead atoms. The molecule has 0 radical (unpaired) electrons. The maximum atomic E-state index is 10.5. The van der Waals surface area contributed by atoms with Gasteiger partial charge in [0.2, 0.25) is 0 Å². The zero-order valence-corrected chi connectivity index (χ0v) is 7.69. The van der Waals surface area contributed by atoms with Gasteiger partial charge in [-0.1, -0.05) is 0 Å². The largest absolute Gasteiger partial charge is 0.544 e. The smallest absolute Gasteiger partial charge is 0.160 e. The van der Waals surface area contributed by atoms with Crippen molar-refractivity contribution in [1.29, 1.82) is 0 Å². The van der Waals surface area contributed by atoms with Gasteiger partial charge in [0.25, 0.3) is 0 Å². The Morgan fingerprint density at radius 2 is 2.29 bits per heavy atom. The quantitative estimate of drug-likeness (QED) is 0.612. The highest BCUT2D eigenvalue weighted by molar-refractivity contribution is 5.71. The van der Waals surface area contributed by atoms with Crippen LogP contribution < -0.4 is 15.6 Å². The molecule has 4 N–H and O–H groups in total. The second kappa shape index (κ2) is 3.97. The van der Waals surface area contributed by atoms with Gasteiger partial charge in [0.15, 0.2) is 17.5 Å². The second-order valence-electron chi connectivity index (χ2n) is 2.80. The van der Waals surface area contributed by atoms with Gasteiger partial charge in [-0.05, 0) is 18.2 Å². The van der Waals surface area contributed by atoms with Crippen LogP contribution in [0.3, 0.4) is 0 Å². The standard InChI is InChI=1S/C9H11NO4/c1-14-7-4-5(2-3-6(7)11)8(10)9(12)13/h2-4,8,11H,10H2,1H3,(H,12,13)/t8-/m0/s1. The number of hydrogen-bond acceptors (Lipinski definition) is 4. The molecule has 14 heavy (non-hydrogen) atoms. The number of quaternary nitrogens is 1. The van der Waals surface area contributed by atoms with Gasteiger partial charge in [-0.15, -0.1) is 0 Å². The minimum Gasteiger partial charge on any atom is -0.544 e. The number of carbonyl (C=O) groups is 1. The van der Waals surface area contributed by atoms with Crippen molar-refractivity contribution in [1.82, 2.24) is 0 Å². The number of methoxy groups -OCH3 is 1. The van der Waals surface area contributed by atoms with E-state index in [0.29, 0.717) is 5.56 Å². The van der Waals surface area contributed by atoms with Crippen LogP contribution >= 0.6 is 0 Å². The third kappa shape index (κ3) is 1.94. The van der Waals surface area contributed by atoms with E-state index in [4.69, 9.17) is 4.74 Å². The maximum Gasteiger partial charge on any atom is 0.160 e. The molecule has 0 saturated carbocycles. The summed E-state index contributed by atoms with van der Waals surface area (Å²) in [6, 6.07) is 3.27. The number of benzene rings is 1. The van der Waals surface area contributed by atoms with Crippen LogP contribution in [0.15, 0.2) is 18.2 Å². The first-order valence-electron chi connectivity index (χ1n) is 3.97. The third-order valence-electron chi connectivity index (χ3n) is 1.89. The average Bonchev–Trinajstić information content (AvgIpc) is 2.17. The minimum absolute atomic E-state index is 0.0400. The molecular weight excluding hydrogens is 186 g/mol. The molecule has 0 saturated heterocycles. The predicted molar refractivity (Wildman–Crippen MR) is 45.3 cm³/mol.